The summed E-state index contributed by atoms with van der Waals surface area (Å²) in [6.07, 6.45) is 0. The molecule has 0 aromatic heterocycles. The summed E-state index contributed by atoms with van der Waals surface area (Å²) in [5.74, 6) is -1.13. The molecule has 0 spiro atoms. The van der Waals surface area contributed by atoms with Gasteiger partial charge in [-0.1, -0.05) is 37.3 Å². The Bertz CT molecular complexity index is 227. The van der Waals surface area contributed by atoms with E-state index in [9.17, 15) is 9.90 Å². The van der Waals surface area contributed by atoms with Crippen molar-refractivity contribution in [3.05, 3.63) is 35.9 Å². The zero-order valence-electron chi connectivity index (χ0n) is 8.82. The molecule has 0 aliphatic rings. The number of quaternary nitrogens is 2. The molecule has 0 saturated heterocycles. The first kappa shape index (κ1) is 18.4. The highest BCUT2D eigenvalue weighted by atomic mass is 16.4. The zero-order chi connectivity index (χ0) is 9.40. The summed E-state index contributed by atoms with van der Waals surface area (Å²) >= 11 is 0. The van der Waals surface area contributed by atoms with E-state index in [4.69, 9.17) is 5.11 Å². The summed E-state index contributed by atoms with van der Waals surface area (Å²) in [6, 6.07) is 8.06. The fourth-order valence-corrected chi connectivity index (χ4v) is 0.574. The van der Waals surface area contributed by atoms with Crippen LogP contribution in [0.4, 0.5) is 0 Å². The summed E-state index contributed by atoms with van der Waals surface area (Å²) in [5.41, 5.74) is 0.220. The Morgan fingerprint density at radius 3 is 1.79 bits per heavy atom. The lowest BCUT2D eigenvalue weighted by molar-refractivity contribution is -0.361. The van der Waals surface area contributed by atoms with Crippen LogP contribution < -0.4 is 22.5 Å². The Morgan fingerprint density at radius 2 is 1.57 bits per heavy atom. The van der Waals surface area contributed by atoms with E-state index in [1.807, 2.05) is 0 Å². The molecule has 0 aliphatic carbocycles. The van der Waals surface area contributed by atoms with Crippen LogP contribution in [0.5, 0.6) is 0 Å². The second-order valence-electron chi connectivity index (χ2n) is 1.94. The zero-order valence-corrected chi connectivity index (χ0v) is 8.82. The Kier molecular flexibility index (Phi) is 15.2. The van der Waals surface area contributed by atoms with E-state index < -0.39 is 5.97 Å². The second-order valence-corrected chi connectivity index (χ2v) is 1.94. The van der Waals surface area contributed by atoms with Crippen LogP contribution in [0.2, 0.25) is 0 Å². The van der Waals surface area contributed by atoms with Crippen LogP contribution in [0.3, 0.4) is 0 Å². The van der Waals surface area contributed by atoms with Crippen LogP contribution in [0.1, 0.15) is 17.3 Å². The average molecular weight is 202 g/mol. The number of aromatic carboxylic acids is 1. The van der Waals surface area contributed by atoms with Gasteiger partial charge in [0.2, 0.25) is 0 Å². The van der Waals surface area contributed by atoms with E-state index in [0.717, 1.165) is 0 Å². The molecular weight excluding hydrogens is 184 g/mol. The predicted octanol–water partition coefficient (Wildman–Crippen LogP) is 0.169. The number of hydrogen-bond acceptors (Lipinski definition) is 3. The molecule has 8 N–H and O–H groups in total. The van der Waals surface area contributed by atoms with E-state index in [2.05, 4.69) is 0 Å². The number of carboxylic acids is 1. The molecule has 14 heavy (non-hydrogen) atoms. The molecule has 0 fully saturated rings. The highest BCUT2D eigenvalue weighted by Gasteiger charge is 1.85. The number of benzene rings is 1. The molecule has 82 valence electrons. The lowest BCUT2D eigenvalue weighted by Crippen LogP contribution is -2.21. The lowest BCUT2D eigenvalue weighted by Gasteiger charge is -1.97. The fraction of sp³-hybridized carbons (Fsp3) is 0.222. The van der Waals surface area contributed by atoms with Gasteiger partial charge in [-0.2, -0.15) is 0 Å². The van der Waals surface area contributed by atoms with Crippen molar-refractivity contribution in [2.24, 2.45) is 0 Å². The third-order valence-corrected chi connectivity index (χ3v) is 1.01. The smallest absolute Gasteiger partial charge is 0.0715 e. The molecule has 1 aromatic rings. The maximum absolute atomic E-state index is 10.1. The van der Waals surface area contributed by atoms with Crippen molar-refractivity contribution in [3.8, 4) is 0 Å². The third-order valence-electron chi connectivity index (χ3n) is 1.01. The van der Waals surface area contributed by atoms with Crippen molar-refractivity contribution < 1.29 is 15.0 Å². The highest BCUT2D eigenvalue weighted by molar-refractivity contribution is 5.85. The van der Waals surface area contributed by atoms with Gasteiger partial charge in [0.15, 0.2) is 0 Å². The van der Waals surface area contributed by atoms with Crippen molar-refractivity contribution in [1.29, 1.82) is 0 Å². The van der Waals surface area contributed by atoms with Gasteiger partial charge in [0.1, 0.15) is 0 Å². The first-order valence-electron chi connectivity index (χ1n) is 3.56. The van der Waals surface area contributed by atoms with Gasteiger partial charge in [0.25, 0.3) is 0 Å². The standard InChI is InChI=1S/C7H6O2.C2H5O.2H3N/c8-7(9)6-4-2-1-3-5-6;1-2-3;;/h1-5H,(H,8,9);2H2,1H3;2*1H3/q;-1;;/p+1. The van der Waals surface area contributed by atoms with E-state index >= 15 is 0 Å². The molecule has 1 rings (SSSR count). The van der Waals surface area contributed by atoms with Crippen molar-refractivity contribution in [2.75, 3.05) is 6.61 Å². The summed E-state index contributed by atoms with van der Waals surface area (Å²) < 4.78 is 0. The first-order chi connectivity index (χ1) is 5.72. The quantitative estimate of drug-likeness (QED) is 0.671. The van der Waals surface area contributed by atoms with Crippen LogP contribution in [0.15, 0.2) is 30.3 Å². The van der Waals surface area contributed by atoms with E-state index in [1.54, 1.807) is 25.1 Å². The summed E-state index contributed by atoms with van der Waals surface area (Å²) in [6.45, 7) is 1.57. The molecule has 0 amide bonds. The molecule has 0 heterocycles. The third kappa shape index (κ3) is 8.66. The minimum absolute atomic E-state index is 0. The molecule has 0 bridgehead atoms. The van der Waals surface area contributed by atoms with Gasteiger partial charge in [-0.05, 0) is 5.56 Å². The van der Waals surface area contributed by atoms with E-state index in [0.29, 0.717) is 0 Å². The van der Waals surface area contributed by atoms with Crippen LogP contribution in [-0.2, 0) is 0 Å². The fourth-order valence-electron chi connectivity index (χ4n) is 0.574. The van der Waals surface area contributed by atoms with Gasteiger partial charge in [0, 0.05) is 0 Å². The molecule has 0 unspecified atom stereocenters. The number of carbonyl (C=O) groups is 1. The molecule has 0 atom stereocenters. The van der Waals surface area contributed by atoms with Crippen molar-refractivity contribution >= 4 is 5.97 Å². The second kappa shape index (κ2) is 11.6. The average Bonchev–Trinajstić information content (AvgIpc) is 2.07. The lowest BCUT2D eigenvalue weighted by atomic mass is 10.2. The van der Waals surface area contributed by atoms with Gasteiger partial charge in [-0.25, -0.2) is 0 Å². The number of carboxylic acid groups (broad SMARTS) is 1. The van der Waals surface area contributed by atoms with Crippen LogP contribution in [-0.4, -0.2) is 12.6 Å². The van der Waals surface area contributed by atoms with Crippen molar-refractivity contribution in [2.45, 2.75) is 6.92 Å². The summed E-state index contributed by atoms with van der Waals surface area (Å²) in [7, 11) is 0. The molecule has 0 saturated carbocycles. The molecule has 1 aromatic carbocycles. The Labute approximate surface area is 83.6 Å². The molecule has 0 aliphatic heterocycles. The Hall–Kier alpha value is -1.43. The Balaban J connectivity index is -0.000000218. The maximum Gasteiger partial charge on any atom is 0.0715 e. The maximum atomic E-state index is 10.1. The molecular formula is C9H18N2O3. The van der Waals surface area contributed by atoms with Gasteiger partial charge >= 0.3 is 0 Å². The van der Waals surface area contributed by atoms with Crippen LogP contribution in [0.25, 0.3) is 0 Å². The Morgan fingerprint density at radius 1 is 1.21 bits per heavy atom. The van der Waals surface area contributed by atoms with Gasteiger partial charge in [0.05, 0.1) is 5.97 Å². The molecule has 0 radical (unpaired) electrons. The van der Waals surface area contributed by atoms with Gasteiger partial charge < -0.3 is 27.3 Å². The molecule has 5 nitrogen and oxygen atoms in total. The SMILES string of the molecule is CC[O-].O=C([O-])c1ccccc1.[NH4+].[NH4+]. The van der Waals surface area contributed by atoms with Gasteiger partial charge in [-0.15, -0.1) is 6.61 Å². The number of carbonyl (C=O) groups excluding carboxylic acids is 1. The largest absolute Gasteiger partial charge is 0.855 e. The van der Waals surface area contributed by atoms with E-state index in [1.165, 1.54) is 12.1 Å². The summed E-state index contributed by atoms with van der Waals surface area (Å²) in [5, 5.41) is 19.0. The van der Waals surface area contributed by atoms with Crippen molar-refractivity contribution in [1.82, 2.24) is 12.3 Å². The minimum Gasteiger partial charge on any atom is -0.855 e. The monoisotopic (exact) mass is 202 g/mol. The number of hydrogen-bond donors (Lipinski definition) is 2. The first-order valence-corrected chi connectivity index (χ1v) is 3.56. The van der Waals surface area contributed by atoms with Crippen LogP contribution >= 0.6 is 0 Å². The van der Waals surface area contributed by atoms with Crippen LogP contribution in [0, 0.1) is 0 Å². The highest BCUT2D eigenvalue weighted by Crippen LogP contribution is 1.94. The molecule has 5 heteroatoms. The minimum atomic E-state index is -1.13. The van der Waals surface area contributed by atoms with E-state index in [-0.39, 0.29) is 24.5 Å². The topological polar surface area (TPSA) is 136 Å². The van der Waals surface area contributed by atoms with Gasteiger partial charge in [-0.3, -0.25) is 0 Å². The number of rotatable bonds is 1. The predicted molar refractivity (Wildman–Crippen MR) is 53.3 cm³/mol. The normalized spacial score (nSPS) is 7.00. The van der Waals surface area contributed by atoms with Crippen molar-refractivity contribution in [3.63, 3.8) is 0 Å². The summed E-state index contributed by atoms with van der Waals surface area (Å²) in [4.78, 5) is 10.1.